The molecule has 2 aromatic rings. The third-order valence-electron chi connectivity index (χ3n) is 2.42. The number of rotatable bonds is 3. The summed E-state index contributed by atoms with van der Waals surface area (Å²) in [4.78, 5) is 2.78. The van der Waals surface area contributed by atoms with Crippen molar-refractivity contribution >= 4 is 28.4 Å². The van der Waals surface area contributed by atoms with Crippen molar-refractivity contribution in [3.05, 3.63) is 38.2 Å². The molecule has 2 rings (SSSR count). The maximum absolute atomic E-state index is 3.54. The molecule has 1 N–H and O–H groups in total. The number of aryl methyl sites for hydroxylation is 2. The summed E-state index contributed by atoms with van der Waals surface area (Å²) in [5.41, 5.74) is 2.60. The third kappa shape index (κ3) is 2.41. The number of hydrogen-bond acceptors (Lipinski definition) is 3. The standard InChI is InChI=1S/C12H15NS2/c1-8-6-14-7-11(8)13-10(3)12-5-4-9(2)15-12/h4-7,10,13H,1-3H3. The molecular weight excluding hydrogens is 222 g/mol. The van der Waals surface area contributed by atoms with Gasteiger partial charge in [-0.1, -0.05) is 0 Å². The van der Waals surface area contributed by atoms with E-state index in [0.717, 1.165) is 0 Å². The first-order chi connectivity index (χ1) is 7.16. The van der Waals surface area contributed by atoms with Crippen LogP contribution in [0.2, 0.25) is 0 Å². The van der Waals surface area contributed by atoms with Crippen molar-refractivity contribution in [3.8, 4) is 0 Å². The van der Waals surface area contributed by atoms with Gasteiger partial charge in [0.25, 0.3) is 0 Å². The number of nitrogens with one attached hydrogen (secondary N) is 1. The van der Waals surface area contributed by atoms with E-state index in [2.05, 4.69) is 49.0 Å². The van der Waals surface area contributed by atoms with Gasteiger partial charge in [0.15, 0.2) is 0 Å². The molecular formula is C12H15NS2. The fourth-order valence-corrected chi connectivity index (χ4v) is 3.17. The van der Waals surface area contributed by atoms with Gasteiger partial charge in [-0.25, -0.2) is 0 Å². The lowest BCUT2D eigenvalue weighted by atomic mass is 10.2. The van der Waals surface area contributed by atoms with Gasteiger partial charge in [-0.05, 0) is 43.8 Å². The van der Waals surface area contributed by atoms with Crippen molar-refractivity contribution in [3.63, 3.8) is 0 Å². The first kappa shape index (κ1) is 10.7. The number of hydrogen-bond donors (Lipinski definition) is 1. The Bertz CT molecular complexity index is 442. The van der Waals surface area contributed by atoms with Gasteiger partial charge in [0.2, 0.25) is 0 Å². The van der Waals surface area contributed by atoms with E-state index in [9.17, 15) is 0 Å². The Labute approximate surface area is 98.8 Å². The van der Waals surface area contributed by atoms with E-state index in [1.807, 2.05) is 11.3 Å². The molecule has 1 nitrogen and oxygen atoms in total. The number of thiophene rings is 2. The van der Waals surface area contributed by atoms with E-state index in [1.54, 1.807) is 11.3 Å². The van der Waals surface area contributed by atoms with Crippen LogP contribution in [0.25, 0.3) is 0 Å². The van der Waals surface area contributed by atoms with E-state index in [-0.39, 0.29) is 0 Å². The average Bonchev–Trinajstić information content (AvgIpc) is 2.77. The monoisotopic (exact) mass is 237 g/mol. The predicted octanol–water partition coefficient (Wildman–Crippen LogP) is 4.60. The van der Waals surface area contributed by atoms with Gasteiger partial charge in [0.05, 0.1) is 6.04 Å². The molecule has 0 saturated carbocycles. The largest absolute Gasteiger partial charge is 0.377 e. The van der Waals surface area contributed by atoms with Gasteiger partial charge < -0.3 is 5.32 Å². The van der Waals surface area contributed by atoms with E-state index in [1.165, 1.54) is 21.0 Å². The lowest BCUT2D eigenvalue weighted by Crippen LogP contribution is -2.04. The highest BCUT2D eigenvalue weighted by atomic mass is 32.1. The quantitative estimate of drug-likeness (QED) is 0.822. The van der Waals surface area contributed by atoms with Gasteiger partial charge in [-0.2, -0.15) is 0 Å². The fourth-order valence-electron chi connectivity index (χ4n) is 1.50. The molecule has 0 aliphatic carbocycles. The summed E-state index contributed by atoms with van der Waals surface area (Å²) in [6, 6.07) is 4.79. The van der Waals surface area contributed by atoms with Crippen LogP contribution in [0, 0.1) is 13.8 Å². The molecule has 2 aromatic heterocycles. The topological polar surface area (TPSA) is 12.0 Å². The zero-order chi connectivity index (χ0) is 10.8. The maximum atomic E-state index is 3.54. The van der Waals surface area contributed by atoms with Crippen LogP contribution in [-0.2, 0) is 0 Å². The van der Waals surface area contributed by atoms with Crippen LogP contribution in [0.15, 0.2) is 22.9 Å². The molecule has 0 spiro atoms. The van der Waals surface area contributed by atoms with Crippen LogP contribution >= 0.6 is 22.7 Å². The molecule has 0 radical (unpaired) electrons. The summed E-state index contributed by atoms with van der Waals surface area (Å²) in [5, 5.41) is 7.89. The minimum absolute atomic E-state index is 0.400. The normalized spacial score (nSPS) is 12.7. The van der Waals surface area contributed by atoms with Crippen molar-refractivity contribution in [1.29, 1.82) is 0 Å². The van der Waals surface area contributed by atoms with Gasteiger partial charge in [0.1, 0.15) is 0 Å². The molecule has 3 heteroatoms. The molecule has 0 bridgehead atoms. The van der Waals surface area contributed by atoms with E-state index < -0.39 is 0 Å². The van der Waals surface area contributed by atoms with Crippen LogP contribution < -0.4 is 5.32 Å². The maximum Gasteiger partial charge on any atom is 0.0578 e. The summed E-state index contributed by atoms with van der Waals surface area (Å²) in [6.45, 7) is 6.50. The van der Waals surface area contributed by atoms with Crippen molar-refractivity contribution in [1.82, 2.24) is 0 Å². The molecule has 1 unspecified atom stereocenters. The Morgan fingerprint density at radius 2 is 2.00 bits per heavy atom. The van der Waals surface area contributed by atoms with Gasteiger partial charge in [-0.15, -0.1) is 22.7 Å². The Balaban J connectivity index is 2.10. The Morgan fingerprint density at radius 1 is 1.20 bits per heavy atom. The fraction of sp³-hybridized carbons (Fsp3) is 0.333. The van der Waals surface area contributed by atoms with E-state index in [4.69, 9.17) is 0 Å². The molecule has 0 amide bonds. The average molecular weight is 237 g/mol. The molecule has 15 heavy (non-hydrogen) atoms. The van der Waals surface area contributed by atoms with Crippen LogP contribution in [0.3, 0.4) is 0 Å². The van der Waals surface area contributed by atoms with Crippen LogP contribution in [0.5, 0.6) is 0 Å². The second-order valence-electron chi connectivity index (χ2n) is 3.78. The predicted molar refractivity (Wildman–Crippen MR) is 70.1 cm³/mol. The van der Waals surface area contributed by atoms with Gasteiger partial charge in [-0.3, -0.25) is 0 Å². The van der Waals surface area contributed by atoms with Gasteiger partial charge >= 0.3 is 0 Å². The minimum Gasteiger partial charge on any atom is -0.377 e. The minimum atomic E-state index is 0.400. The van der Waals surface area contributed by atoms with E-state index in [0.29, 0.717) is 6.04 Å². The molecule has 1 atom stereocenters. The first-order valence-electron chi connectivity index (χ1n) is 5.02. The van der Waals surface area contributed by atoms with Crippen molar-refractivity contribution < 1.29 is 0 Å². The van der Waals surface area contributed by atoms with Crippen molar-refractivity contribution in [2.45, 2.75) is 26.8 Å². The Hall–Kier alpha value is -0.800. The third-order valence-corrected chi connectivity index (χ3v) is 4.46. The summed E-state index contributed by atoms with van der Waals surface area (Å²) < 4.78 is 0. The second kappa shape index (κ2) is 4.37. The van der Waals surface area contributed by atoms with E-state index >= 15 is 0 Å². The smallest absolute Gasteiger partial charge is 0.0578 e. The molecule has 0 aromatic carbocycles. The molecule has 2 heterocycles. The molecule has 80 valence electrons. The van der Waals surface area contributed by atoms with Crippen molar-refractivity contribution in [2.75, 3.05) is 5.32 Å². The zero-order valence-electron chi connectivity index (χ0n) is 9.20. The Morgan fingerprint density at radius 3 is 2.53 bits per heavy atom. The van der Waals surface area contributed by atoms with Crippen molar-refractivity contribution in [2.24, 2.45) is 0 Å². The SMILES string of the molecule is Cc1ccc(C(C)Nc2cscc2C)s1. The van der Waals surface area contributed by atoms with Crippen LogP contribution in [0.4, 0.5) is 5.69 Å². The first-order valence-corrected chi connectivity index (χ1v) is 6.78. The highest BCUT2D eigenvalue weighted by Gasteiger charge is 2.08. The van der Waals surface area contributed by atoms with Crippen LogP contribution in [0.1, 0.15) is 28.3 Å². The summed E-state index contributed by atoms with van der Waals surface area (Å²) >= 11 is 3.61. The highest BCUT2D eigenvalue weighted by Crippen LogP contribution is 2.28. The molecule has 0 fully saturated rings. The molecule has 0 aliphatic heterocycles. The Kier molecular flexibility index (Phi) is 3.12. The summed E-state index contributed by atoms with van der Waals surface area (Å²) in [6.07, 6.45) is 0. The van der Waals surface area contributed by atoms with Crippen LogP contribution in [-0.4, -0.2) is 0 Å². The highest BCUT2D eigenvalue weighted by molar-refractivity contribution is 7.12. The molecule has 0 aliphatic rings. The molecule has 0 saturated heterocycles. The lowest BCUT2D eigenvalue weighted by molar-refractivity contribution is 0.907. The second-order valence-corrected chi connectivity index (χ2v) is 5.85. The summed E-state index contributed by atoms with van der Waals surface area (Å²) in [5.74, 6) is 0. The zero-order valence-corrected chi connectivity index (χ0v) is 10.8. The van der Waals surface area contributed by atoms with Gasteiger partial charge in [0, 0.05) is 20.8 Å². The number of anilines is 1. The lowest BCUT2D eigenvalue weighted by Gasteiger charge is -2.13. The summed E-state index contributed by atoms with van der Waals surface area (Å²) in [7, 11) is 0.